The molecule has 25 heavy (non-hydrogen) atoms. The van der Waals surface area contributed by atoms with E-state index in [1.54, 1.807) is 36.4 Å². The van der Waals surface area contributed by atoms with Crippen LogP contribution in [-0.4, -0.2) is 15.5 Å². The van der Waals surface area contributed by atoms with Crippen molar-refractivity contribution in [1.82, 2.24) is 14.9 Å². The molecule has 0 radical (unpaired) electrons. The number of nitrogens with one attached hydrogen (secondary N) is 1. The molecule has 1 aromatic heterocycles. The molecule has 0 aliphatic heterocycles. The predicted octanol–water partition coefficient (Wildman–Crippen LogP) is 3.58. The number of carbonyl (C=O) groups is 1. The molecule has 0 saturated carbocycles. The summed E-state index contributed by atoms with van der Waals surface area (Å²) in [6.07, 6.45) is 1.38. The monoisotopic (exact) mass is 375 g/mol. The maximum absolute atomic E-state index is 12.4. The van der Waals surface area contributed by atoms with Crippen molar-refractivity contribution in [3.63, 3.8) is 0 Å². The van der Waals surface area contributed by atoms with Crippen LogP contribution < -0.4 is 10.9 Å². The number of nitrogens with zero attached hydrogens (tertiary/aromatic N) is 2. The molecule has 2 aromatic carbocycles. The summed E-state index contributed by atoms with van der Waals surface area (Å²) in [7, 11) is 0. The van der Waals surface area contributed by atoms with Gasteiger partial charge in [-0.1, -0.05) is 41.4 Å². The minimum atomic E-state index is -0.294. The number of para-hydroxylation sites is 1. The van der Waals surface area contributed by atoms with Gasteiger partial charge in [0.25, 0.3) is 5.56 Å². The Morgan fingerprint density at radius 2 is 1.96 bits per heavy atom. The molecule has 5 nitrogen and oxygen atoms in total. The SMILES string of the molecule is C[C@@H](NC(=O)Cn1cnc2ccccc2c1=O)c1ccc(Cl)c(Cl)c1. The van der Waals surface area contributed by atoms with Crippen molar-refractivity contribution in [2.24, 2.45) is 0 Å². The first-order chi connectivity index (χ1) is 12.0. The van der Waals surface area contributed by atoms with E-state index < -0.39 is 0 Å². The second-order valence-corrected chi connectivity index (χ2v) is 6.47. The number of rotatable bonds is 4. The molecule has 7 heteroatoms. The lowest BCUT2D eigenvalue weighted by Gasteiger charge is -2.15. The summed E-state index contributed by atoms with van der Waals surface area (Å²) in [6, 6.07) is 11.9. The van der Waals surface area contributed by atoms with Crippen LogP contribution in [0.1, 0.15) is 18.5 Å². The van der Waals surface area contributed by atoms with Crippen LogP contribution in [0.5, 0.6) is 0 Å². The third-order valence-electron chi connectivity index (χ3n) is 3.87. The highest BCUT2D eigenvalue weighted by Crippen LogP contribution is 2.25. The molecule has 0 bridgehead atoms. The number of amides is 1. The van der Waals surface area contributed by atoms with Gasteiger partial charge in [0.2, 0.25) is 5.91 Å². The zero-order valence-corrected chi connectivity index (χ0v) is 14.9. The summed E-state index contributed by atoms with van der Waals surface area (Å²) in [5, 5.41) is 4.20. The number of hydrogen-bond acceptors (Lipinski definition) is 3. The Hall–Kier alpha value is -2.37. The van der Waals surface area contributed by atoms with E-state index in [-0.39, 0.29) is 24.1 Å². The Labute approximate surface area is 154 Å². The molecule has 0 fully saturated rings. The van der Waals surface area contributed by atoms with Gasteiger partial charge in [-0.05, 0) is 36.8 Å². The molecule has 3 rings (SSSR count). The van der Waals surface area contributed by atoms with E-state index in [0.717, 1.165) is 5.56 Å². The lowest BCUT2D eigenvalue weighted by molar-refractivity contribution is -0.122. The van der Waals surface area contributed by atoms with E-state index in [0.29, 0.717) is 20.9 Å². The van der Waals surface area contributed by atoms with Crippen LogP contribution in [0, 0.1) is 0 Å². The molecule has 1 N–H and O–H groups in total. The first kappa shape index (κ1) is 17.5. The van der Waals surface area contributed by atoms with Crippen molar-refractivity contribution in [2.75, 3.05) is 0 Å². The van der Waals surface area contributed by atoms with Gasteiger partial charge < -0.3 is 5.32 Å². The van der Waals surface area contributed by atoms with E-state index in [9.17, 15) is 9.59 Å². The van der Waals surface area contributed by atoms with Gasteiger partial charge in [-0.2, -0.15) is 0 Å². The third kappa shape index (κ3) is 3.83. The maximum atomic E-state index is 12.4. The highest BCUT2D eigenvalue weighted by Gasteiger charge is 2.13. The van der Waals surface area contributed by atoms with Crippen molar-refractivity contribution < 1.29 is 4.79 Å². The van der Waals surface area contributed by atoms with Gasteiger partial charge in [0.15, 0.2) is 0 Å². The van der Waals surface area contributed by atoms with Crippen LogP contribution in [0.25, 0.3) is 10.9 Å². The molecule has 0 saturated heterocycles. The number of hydrogen-bond donors (Lipinski definition) is 1. The van der Waals surface area contributed by atoms with Gasteiger partial charge in [-0.3, -0.25) is 14.2 Å². The smallest absolute Gasteiger partial charge is 0.261 e. The molecule has 3 aromatic rings. The predicted molar refractivity (Wildman–Crippen MR) is 99.0 cm³/mol. The highest BCUT2D eigenvalue weighted by atomic mass is 35.5. The minimum absolute atomic E-state index is 0.109. The van der Waals surface area contributed by atoms with Crippen LogP contribution in [-0.2, 0) is 11.3 Å². The summed E-state index contributed by atoms with van der Waals surface area (Å²) >= 11 is 11.9. The van der Waals surface area contributed by atoms with Crippen LogP contribution in [0.4, 0.5) is 0 Å². The van der Waals surface area contributed by atoms with Gasteiger partial charge in [0.05, 0.1) is 33.3 Å². The molecule has 1 atom stereocenters. The van der Waals surface area contributed by atoms with Crippen molar-refractivity contribution in [1.29, 1.82) is 0 Å². The van der Waals surface area contributed by atoms with Gasteiger partial charge >= 0.3 is 0 Å². The molecule has 0 aliphatic rings. The molecule has 0 spiro atoms. The van der Waals surface area contributed by atoms with Crippen LogP contribution in [0.2, 0.25) is 10.0 Å². The van der Waals surface area contributed by atoms with E-state index >= 15 is 0 Å². The first-order valence-corrected chi connectivity index (χ1v) is 8.40. The normalized spacial score (nSPS) is 12.1. The number of carbonyl (C=O) groups excluding carboxylic acids is 1. The van der Waals surface area contributed by atoms with Gasteiger partial charge in [-0.25, -0.2) is 4.98 Å². The maximum Gasteiger partial charge on any atom is 0.261 e. The highest BCUT2D eigenvalue weighted by molar-refractivity contribution is 6.42. The Balaban J connectivity index is 1.75. The zero-order chi connectivity index (χ0) is 18.0. The lowest BCUT2D eigenvalue weighted by Crippen LogP contribution is -2.34. The van der Waals surface area contributed by atoms with Crippen molar-refractivity contribution in [3.05, 3.63) is 74.8 Å². The number of benzene rings is 2. The Kier molecular flexibility index (Phi) is 5.06. The molecular formula is C18H15Cl2N3O2. The van der Waals surface area contributed by atoms with E-state index in [4.69, 9.17) is 23.2 Å². The topological polar surface area (TPSA) is 64.0 Å². The third-order valence-corrected chi connectivity index (χ3v) is 4.61. The fourth-order valence-electron chi connectivity index (χ4n) is 2.53. The zero-order valence-electron chi connectivity index (χ0n) is 13.4. The molecule has 1 amide bonds. The average Bonchev–Trinajstić information content (AvgIpc) is 2.60. The van der Waals surface area contributed by atoms with E-state index in [2.05, 4.69) is 10.3 Å². The molecule has 0 aliphatic carbocycles. The number of aromatic nitrogens is 2. The fourth-order valence-corrected chi connectivity index (χ4v) is 2.83. The molecule has 1 heterocycles. The van der Waals surface area contributed by atoms with Crippen LogP contribution >= 0.6 is 23.2 Å². The summed E-state index contributed by atoms with van der Waals surface area (Å²) in [4.78, 5) is 28.9. The van der Waals surface area contributed by atoms with Crippen molar-refractivity contribution in [3.8, 4) is 0 Å². The Morgan fingerprint density at radius 3 is 2.72 bits per heavy atom. The fraction of sp³-hybridized carbons (Fsp3) is 0.167. The van der Waals surface area contributed by atoms with Gasteiger partial charge in [0.1, 0.15) is 6.54 Å². The van der Waals surface area contributed by atoms with Crippen molar-refractivity contribution in [2.45, 2.75) is 19.5 Å². The molecule has 0 unspecified atom stereocenters. The summed E-state index contributed by atoms with van der Waals surface area (Å²) in [6.45, 7) is 1.72. The number of fused-ring (bicyclic) bond motifs is 1. The van der Waals surface area contributed by atoms with Gasteiger partial charge in [0, 0.05) is 0 Å². The average molecular weight is 376 g/mol. The quantitative estimate of drug-likeness (QED) is 0.757. The molecule has 128 valence electrons. The van der Waals surface area contributed by atoms with E-state index in [1.807, 2.05) is 13.0 Å². The Bertz CT molecular complexity index is 1000. The molecular weight excluding hydrogens is 361 g/mol. The summed E-state index contributed by atoms with van der Waals surface area (Å²) in [5.41, 5.74) is 1.18. The van der Waals surface area contributed by atoms with Crippen molar-refractivity contribution >= 4 is 40.0 Å². The second-order valence-electron chi connectivity index (χ2n) is 5.66. The Morgan fingerprint density at radius 1 is 1.20 bits per heavy atom. The van der Waals surface area contributed by atoms with Crippen LogP contribution in [0.3, 0.4) is 0 Å². The standard InChI is InChI=1S/C18H15Cl2N3O2/c1-11(12-6-7-14(19)15(20)8-12)22-17(24)9-23-10-21-16-5-3-2-4-13(16)18(23)25/h2-8,10-11H,9H2,1H3,(H,22,24)/t11-/m1/s1. The largest absolute Gasteiger partial charge is 0.348 e. The summed E-state index contributed by atoms with van der Waals surface area (Å²) < 4.78 is 1.29. The number of halogens is 2. The lowest BCUT2D eigenvalue weighted by atomic mass is 10.1. The van der Waals surface area contributed by atoms with Gasteiger partial charge in [-0.15, -0.1) is 0 Å². The first-order valence-electron chi connectivity index (χ1n) is 7.64. The van der Waals surface area contributed by atoms with E-state index in [1.165, 1.54) is 10.9 Å². The second kappa shape index (κ2) is 7.25. The summed E-state index contributed by atoms with van der Waals surface area (Å²) in [5.74, 6) is -0.294. The van der Waals surface area contributed by atoms with Crippen LogP contribution in [0.15, 0.2) is 53.6 Å². The minimum Gasteiger partial charge on any atom is -0.348 e.